The van der Waals surface area contributed by atoms with Gasteiger partial charge in [0.15, 0.2) is 0 Å². The SMILES string of the molecule is CN1C=CN(C[SiH](C)C)C1. The Hall–Kier alpha value is -0.443. The highest BCUT2D eigenvalue weighted by Gasteiger charge is 2.09. The van der Waals surface area contributed by atoms with Crippen molar-refractivity contribution in [3.63, 3.8) is 0 Å². The summed E-state index contributed by atoms with van der Waals surface area (Å²) < 4.78 is 0. The van der Waals surface area contributed by atoms with E-state index in [0.717, 1.165) is 6.67 Å². The van der Waals surface area contributed by atoms with Gasteiger partial charge in [0.25, 0.3) is 0 Å². The van der Waals surface area contributed by atoms with Crippen LogP contribution in [0.4, 0.5) is 0 Å². The van der Waals surface area contributed by atoms with Crippen molar-refractivity contribution >= 4 is 8.80 Å². The first-order valence-electron chi connectivity index (χ1n) is 3.81. The van der Waals surface area contributed by atoms with Crippen LogP contribution in [-0.4, -0.2) is 38.5 Å². The fraction of sp³-hybridized carbons (Fsp3) is 0.714. The lowest BCUT2D eigenvalue weighted by Gasteiger charge is -2.19. The van der Waals surface area contributed by atoms with E-state index in [4.69, 9.17) is 0 Å². The second-order valence-corrected chi connectivity index (χ2v) is 6.51. The molecule has 0 aromatic rings. The molecule has 2 nitrogen and oxygen atoms in total. The van der Waals surface area contributed by atoms with Crippen LogP contribution < -0.4 is 0 Å². The van der Waals surface area contributed by atoms with Crippen LogP contribution in [0, 0.1) is 0 Å². The summed E-state index contributed by atoms with van der Waals surface area (Å²) in [4.78, 5) is 4.59. The number of hydrogen-bond acceptors (Lipinski definition) is 2. The second kappa shape index (κ2) is 3.10. The minimum atomic E-state index is -0.403. The molecule has 0 saturated heterocycles. The molecule has 0 bridgehead atoms. The van der Waals surface area contributed by atoms with E-state index in [-0.39, 0.29) is 0 Å². The molecule has 0 atom stereocenters. The van der Waals surface area contributed by atoms with Crippen LogP contribution in [0.5, 0.6) is 0 Å². The lowest BCUT2D eigenvalue weighted by atomic mass is 10.9. The topological polar surface area (TPSA) is 6.48 Å². The lowest BCUT2D eigenvalue weighted by Crippen LogP contribution is -2.29. The van der Waals surface area contributed by atoms with E-state index < -0.39 is 8.80 Å². The van der Waals surface area contributed by atoms with Gasteiger partial charge in [-0.25, -0.2) is 0 Å². The molecule has 0 amide bonds. The molecule has 0 unspecified atom stereocenters. The van der Waals surface area contributed by atoms with Crippen LogP contribution in [-0.2, 0) is 0 Å². The van der Waals surface area contributed by atoms with E-state index in [2.05, 4.69) is 42.3 Å². The van der Waals surface area contributed by atoms with Crippen molar-refractivity contribution in [1.29, 1.82) is 0 Å². The average Bonchev–Trinajstić information content (AvgIpc) is 2.13. The highest BCUT2D eigenvalue weighted by molar-refractivity contribution is 6.55. The predicted octanol–water partition coefficient (Wildman–Crippen LogP) is 0.688. The van der Waals surface area contributed by atoms with Crippen LogP contribution in [0.25, 0.3) is 0 Å². The molecule has 0 aromatic carbocycles. The zero-order chi connectivity index (χ0) is 7.56. The van der Waals surface area contributed by atoms with Crippen molar-refractivity contribution in [2.45, 2.75) is 13.1 Å². The van der Waals surface area contributed by atoms with Crippen LogP contribution >= 0.6 is 0 Å². The summed E-state index contributed by atoms with van der Waals surface area (Å²) in [7, 11) is 1.71. The Bertz CT molecular complexity index is 134. The summed E-state index contributed by atoms with van der Waals surface area (Å²) in [5.74, 6) is 0. The largest absolute Gasteiger partial charge is 0.362 e. The summed E-state index contributed by atoms with van der Waals surface area (Å²) in [6, 6.07) is 0. The van der Waals surface area contributed by atoms with Gasteiger partial charge in [-0.2, -0.15) is 0 Å². The van der Waals surface area contributed by atoms with Crippen molar-refractivity contribution in [3.8, 4) is 0 Å². The van der Waals surface area contributed by atoms with Gasteiger partial charge in [-0.3, -0.25) is 0 Å². The fourth-order valence-corrected chi connectivity index (χ4v) is 2.35. The third-order valence-corrected chi connectivity index (χ3v) is 2.74. The maximum Gasteiger partial charge on any atom is 0.0887 e. The fourth-order valence-electron chi connectivity index (χ4n) is 1.18. The van der Waals surface area contributed by atoms with E-state index in [0.29, 0.717) is 0 Å². The average molecular weight is 156 g/mol. The van der Waals surface area contributed by atoms with Gasteiger partial charge in [0.2, 0.25) is 0 Å². The monoisotopic (exact) mass is 156 g/mol. The van der Waals surface area contributed by atoms with Crippen molar-refractivity contribution in [1.82, 2.24) is 9.80 Å². The van der Waals surface area contributed by atoms with E-state index in [1.807, 2.05) is 0 Å². The standard InChI is InChI=1S/C7H16N2Si/c1-8-4-5-9(6-8)7-10(2)3/h4-5,10H,6-7H2,1-3H3. The van der Waals surface area contributed by atoms with Crippen molar-refractivity contribution < 1.29 is 0 Å². The summed E-state index contributed by atoms with van der Waals surface area (Å²) in [6.45, 7) is 5.85. The molecule has 0 N–H and O–H groups in total. The third-order valence-electron chi connectivity index (χ3n) is 1.54. The molecule has 3 heteroatoms. The van der Waals surface area contributed by atoms with Gasteiger partial charge in [0.05, 0.1) is 15.5 Å². The zero-order valence-corrected chi connectivity index (χ0v) is 8.20. The highest BCUT2D eigenvalue weighted by Crippen LogP contribution is 2.03. The molecule has 10 heavy (non-hydrogen) atoms. The highest BCUT2D eigenvalue weighted by atomic mass is 28.3. The third kappa shape index (κ3) is 2.06. The first-order valence-corrected chi connectivity index (χ1v) is 6.93. The van der Waals surface area contributed by atoms with Crippen molar-refractivity contribution in [2.75, 3.05) is 19.9 Å². The summed E-state index contributed by atoms with van der Waals surface area (Å²) in [5.41, 5.74) is 0. The molecule has 1 heterocycles. The molecule has 0 radical (unpaired) electrons. The molecule has 0 spiro atoms. The maximum atomic E-state index is 2.39. The molecule has 0 aliphatic carbocycles. The van der Waals surface area contributed by atoms with Gasteiger partial charge >= 0.3 is 0 Å². The van der Waals surface area contributed by atoms with Crippen molar-refractivity contribution in [2.24, 2.45) is 0 Å². The van der Waals surface area contributed by atoms with Gasteiger partial charge in [0, 0.05) is 25.6 Å². The Morgan fingerprint density at radius 1 is 1.40 bits per heavy atom. The molecular weight excluding hydrogens is 140 g/mol. The second-order valence-electron chi connectivity index (χ2n) is 3.36. The molecule has 0 aromatic heterocycles. The minimum absolute atomic E-state index is 0.403. The Morgan fingerprint density at radius 3 is 2.50 bits per heavy atom. The van der Waals surface area contributed by atoms with E-state index in [9.17, 15) is 0 Å². The number of rotatable bonds is 2. The molecule has 1 aliphatic heterocycles. The lowest BCUT2D eigenvalue weighted by molar-refractivity contribution is 0.326. The van der Waals surface area contributed by atoms with Gasteiger partial charge in [-0.15, -0.1) is 0 Å². The Morgan fingerprint density at radius 2 is 2.10 bits per heavy atom. The molecule has 0 fully saturated rings. The first-order chi connectivity index (χ1) is 4.68. The Balaban J connectivity index is 2.26. The smallest absolute Gasteiger partial charge is 0.0887 e. The van der Waals surface area contributed by atoms with Crippen LogP contribution in [0.1, 0.15) is 0 Å². The molecule has 58 valence electrons. The first kappa shape index (κ1) is 7.66. The van der Waals surface area contributed by atoms with Crippen LogP contribution in [0.2, 0.25) is 13.1 Å². The molecule has 1 aliphatic rings. The Labute approximate surface area is 64.7 Å². The van der Waals surface area contributed by atoms with Gasteiger partial charge < -0.3 is 9.80 Å². The maximum absolute atomic E-state index is 2.39. The molecule has 1 rings (SSSR count). The van der Waals surface area contributed by atoms with E-state index in [1.54, 1.807) is 0 Å². The van der Waals surface area contributed by atoms with E-state index >= 15 is 0 Å². The predicted molar refractivity (Wildman–Crippen MR) is 47.4 cm³/mol. The van der Waals surface area contributed by atoms with Gasteiger partial charge in [0.1, 0.15) is 0 Å². The van der Waals surface area contributed by atoms with Gasteiger partial charge in [-0.1, -0.05) is 13.1 Å². The molecular formula is C7H16N2Si. The molecule has 0 saturated carbocycles. The normalized spacial score (nSPS) is 17.6. The van der Waals surface area contributed by atoms with Crippen LogP contribution in [0.15, 0.2) is 12.4 Å². The quantitative estimate of drug-likeness (QED) is 0.543. The van der Waals surface area contributed by atoms with E-state index in [1.165, 1.54) is 6.17 Å². The number of hydrogen-bond donors (Lipinski definition) is 0. The number of nitrogens with zero attached hydrogens (tertiary/aromatic N) is 2. The minimum Gasteiger partial charge on any atom is -0.362 e. The summed E-state index contributed by atoms with van der Waals surface area (Å²) in [6.07, 6.45) is 5.63. The Kier molecular flexibility index (Phi) is 2.37. The van der Waals surface area contributed by atoms with Crippen LogP contribution in [0.3, 0.4) is 0 Å². The van der Waals surface area contributed by atoms with Gasteiger partial charge in [-0.05, 0) is 0 Å². The zero-order valence-electron chi connectivity index (χ0n) is 7.04. The van der Waals surface area contributed by atoms with Crippen molar-refractivity contribution in [3.05, 3.63) is 12.4 Å². The summed E-state index contributed by atoms with van der Waals surface area (Å²) in [5, 5.41) is 0. The summed E-state index contributed by atoms with van der Waals surface area (Å²) >= 11 is 0.